The maximum absolute atomic E-state index is 12.7. The molecule has 0 N–H and O–H groups in total. The zero-order valence-corrected chi connectivity index (χ0v) is 14.9. The van der Waals surface area contributed by atoms with Gasteiger partial charge in [-0.25, -0.2) is 0 Å². The number of aryl methyl sites for hydroxylation is 1. The Labute approximate surface area is 153 Å². The van der Waals surface area contributed by atoms with Crippen molar-refractivity contribution in [1.82, 2.24) is 14.7 Å². The molecular weight excluding hydrogens is 330 g/mol. The van der Waals surface area contributed by atoms with Gasteiger partial charge in [0, 0.05) is 37.8 Å². The molecule has 1 saturated heterocycles. The summed E-state index contributed by atoms with van der Waals surface area (Å²) in [6, 6.07) is 6.12. The second kappa shape index (κ2) is 7.23. The fourth-order valence-electron chi connectivity index (χ4n) is 3.55. The normalized spacial score (nSPS) is 19.7. The minimum absolute atomic E-state index is 0.0310. The molecule has 0 saturated carbocycles. The molecule has 0 spiro atoms. The lowest BCUT2D eigenvalue weighted by atomic mass is 10.0. The summed E-state index contributed by atoms with van der Waals surface area (Å²) < 4.78 is 13.2. The van der Waals surface area contributed by atoms with Crippen molar-refractivity contribution < 1.29 is 14.3 Å². The number of rotatable bonds is 3. The number of fused-ring (bicyclic) bond motifs is 1. The first-order valence-corrected chi connectivity index (χ1v) is 9.07. The summed E-state index contributed by atoms with van der Waals surface area (Å²) in [5, 5.41) is 4.12. The van der Waals surface area contributed by atoms with E-state index in [1.54, 1.807) is 17.0 Å². The van der Waals surface area contributed by atoms with Gasteiger partial charge in [-0.05, 0) is 36.6 Å². The van der Waals surface area contributed by atoms with Crippen molar-refractivity contribution in [2.24, 2.45) is 7.05 Å². The van der Waals surface area contributed by atoms with Gasteiger partial charge in [-0.1, -0.05) is 6.07 Å². The van der Waals surface area contributed by atoms with Gasteiger partial charge in [0.1, 0.15) is 0 Å². The lowest BCUT2D eigenvalue weighted by Crippen LogP contribution is -2.28. The van der Waals surface area contributed by atoms with E-state index in [0.29, 0.717) is 13.2 Å². The first-order valence-electron chi connectivity index (χ1n) is 9.07. The van der Waals surface area contributed by atoms with Crippen molar-refractivity contribution in [3.05, 3.63) is 47.8 Å². The van der Waals surface area contributed by atoms with Crippen LogP contribution in [0.1, 0.15) is 36.4 Å². The molecule has 1 aromatic carbocycles. The summed E-state index contributed by atoms with van der Waals surface area (Å²) >= 11 is 0. The Morgan fingerprint density at radius 2 is 2.08 bits per heavy atom. The van der Waals surface area contributed by atoms with Crippen LogP contribution in [0.15, 0.2) is 36.7 Å². The number of amides is 1. The zero-order valence-electron chi connectivity index (χ0n) is 14.9. The Morgan fingerprint density at radius 3 is 2.88 bits per heavy atom. The van der Waals surface area contributed by atoms with Crippen LogP contribution >= 0.6 is 0 Å². The SMILES string of the molecule is Cn1cc(/C=C\C(=O)N2CCC[C@H]2c2ccc3c(c2)OCCCO3)cn1. The second-order valence-electron chi connectivity index (χ2n) is 6.73. The number of carbonyl (C=O) groups excluding carboxylic acids is 1. The van der Waals surface area contributed by atoms with E-state index in [1.165, 1.54) is 0 Å². The third kappa shape index (κ3) is 3.45. The number of carbonyl (C=O) groups is 1. The van der Waals surface area contributed by atoms with Gasteiger partial charge in [0.2, 0.25) is 5.91 Å². The molecule has 1 amide bonds. The van der Waals surface area contributed by atoms with Crippen molar-refractivity contribution in [1.29, 1.82) is 0 Å². The molecule has 3 heterocycles. The van der Waals surface area contributed by atoms with Gasteiger partial charge in [0.25, 0.3) is 0 Å². The highest BCUT2D eigenvalue weighted by molar-refractivity contribution is 5.92. The van der Waals surface area contributed by atoms with E-state index in [0.717, 1.165) is 48.4 Å². The number of benzene rings is 1. The third-order valence-corrected chi connectivity index (χ3v) is 4.84. The van der Waals surface area contributed by atoms with Crippen LogP contribution in [0.2, 0.25) is 0 Å². The van der Waals surface area contributed by atoms with Crippen LogP contribution in [0, 0.1) is 0 Å². The molecule has 1 atom stereocenters. The van der Waals surface area contributed by atoms with Crippen molar-refractivity contribution in [2.45, 2.75) is 25.3 Å². The molecule has 4 rings (SSSR count). The highest BCUT2D eigenvalue weighted by Gasteiger charge is 2.29. The summed E-state index contributed by atoms with van der Waals surface area (Å²) in [7, 11) is 1.86. The predicted octanol–water partition coefficient (Wildman–Crippen LogP) is 2.96. The molecule has 1 aromatic heterocycles. The second-order valence-corrected chi connectivity index (χ2v) is 6.73. The van der Waals surface area contributed by atoms with E-state index in [1.807, 2.05) is 36.4 Å². The van der Waals surface area contributed by atoms with E-state index in [-0.39, 0.29) is 11.9 Å². The van der Waals surface area contributed by atoms with Gasteiger partial charge in [-0.2, -0.15) is 5.10 Å². The average molecular weight is 353 g/mol. The predicted molar refractivity (Wildman–Crippen MR) is 98.0 cm³/mol. The first kappa shape index (κ1) is 16.7. The van der Waals surface area contributed by atoms with Gasteiger partial charge in [0.15, 0.2) is 11.5 Å². The highest BCUT2D eigenvalue weighted by Crippen LogP contribution is 2.38. The number of ether oxygens (including phenoxy) is 2. The lowest BCUT2D eigenvalue weighted by Gasteiger charge is -2.24. The summed E-state index contributed by atoms with van der Waals surface area (Å²) in [6.07, 6.45) is 9.94. The smallest absolute Gasteiger partial charge is 0.247 e. The van der Waals surface area contributed by atoms with Crippen molar-refractivity contribution in [3.63, 3.8) is 0 Å². The Bertz CT molecular complexity index is 827. The van der Waals surface area contributed by atoms with Crippen LogP contribution in [-0.4, -0.2) is 40.3 Å². The molecule has 2 aliphatic rings. The Hall–Kier alpha value is -2.76. The monoisotopic (exact) mass is 353 g/mol. The van der Waals surface area contributed by atoms with Gasteiger partial charge in [0.05, 0.1) is 25.5 Å². The molecule has 26 heavy (non-hydrogen) atoms. The van der Waals surface area contributed by atoms with E-state index >= 15 is 0 Å². The van der Waals surface area contributed by atoms with Gasteiger partial charge in [-0.15, -0.1) is 0 Å². The quantitative estimate of drug-likeness (QED) is 0.796. The van der Waals surface area contributed by atoms with Crippen LogP contribution in [0.5, 0.6) is 11.5 Å². The average Bonchev–Trinajstić information content (AvgIpc) is 3.23. The maximum Gasteiger partial charge on any atom is 0.247 e. The maximum atomic E-state index is 12.7. The Kier molecular flexibility index (Phi) is 4.65. The van der Waals surface area contributed by atoms with Crippen molar-refractivity contribution >= 4 is 12.0 Å². The van der Waals surface area contributed by atoms with Crippen LogP contribution in [0.3, 0.4) is 0 Å². The summed E-state index contributed by atoms with van der Waals surface area (Å²) in [5.74, 6) is 1.60. The van der Waals surface area contributed by atoms with Crippen LogP contribution in [-0.2, 0) is 11.8 Å². The summed E-state index contributed by atoms with van der Waals surface area (Å²) in [6.45, 7) is 2.12. The van der Waals surface area contributed by atoms with Gasteiger partial charge in [-0.3, -0.25) is 9.48 Å². The highest BCUT2D eigenvalue weighted by atomic mass is 16.5. The van der Waals surface area contributed by atoms with Crippen LogP contribution < -0.4 is 9.47 Å². The topological polar surface area (TPSA) is 56.6 Å². The zero-order chi connectivity index (χ0) is 17.9. The number of nitrogens with zero attached hydrogens (tertiary/aromatic N) is 3. The lowest BCUT2D eigenvalue weighted by molar-refractivity contribution is -0.126. The van der Waals surface area contributed by atoms with Gasteiger partial charge < -0.3 is 14.4 Å². The third-order valence-electron chi connectivity index (χ3n) is 4.84. The fourth-order valence-corrected chi connectivity index (χ4v) is 3.55. The fraction of sp³-hybridized carbons (Fsp3) is 0.400. The molecule has 2 aromatic rings. The molecular formula is C20H23N3O3. The summed E-state index contributed by atoms with van der Waals surface area (Å²) in [5.41, 5.74) is 2.03. The Morgan fingerprint density at radius 1 is 1.23 bits per heavy atom. The van der Waals surface area contributed by atoms with Gasteiger partial charge >= 0.3 is 0 Å². The largest absolute Gasteiger partial charge is 0.490 e. The molecule has 0 bridgehead atoms. The molecule has 0 unspecified atom stereocenters. The van der Waals surface area contributed by atoms with E-state index in [9.17, 15) is 4.79 Å². The standard InChI is InChI=1S/C20H23N3O3/c1-22-14-15(13-21-22)5-8-20(24)23-9-2-4-17(23)16-6-7-18-19(12-16)26-11-3-10-25-18/h5-8,12-14,17H,2-4,9-11H2,1H3/b8-5-/t17-/m0/s1. The Balaban J connectivity index is 1.52. The molecule has 0 radical (unpaired) electrons. The number of hydrogen-bond donors (Lipinski definition) is 0. The summed E-state index contributed by atoms with van der Waals surface area (Å²) in [4.78, 5) is 14.6. The molecule has 2 aliphatic heterocycles. The van der Waals surface area contributed by atoms with Crippen LogP contribution in [0.25, 0.3) is 6.08 Å². The van der Waals surface area contributed by atoms with Crippen molar-refractivity contribution in [2.75, 3.05) is 19.8 Å². The molecule has 0 aliphatic carbocycles. The number of likely N-dealkylation sites (tertiary alicyclic amines) is 1. The van der Waals surface area contributed by atoms with E-state index in [4.69, 9.17) is 9.47 Å². The number of aromatic nitrogens is 2. The van der Waals surface area contributed by atoms with Crippen LogP contribution in [0.4, 0.5) is 0 Å². The number of hydrogen-bond acceptors (Lipinski definition) is 4. The minimum atomic E-state index is 0.0310. The molecule has 136 valence electrons. The van der Waals surface area contributed by atoms with E-state index < -0.39 is 0 Å². The first-order chi connectivity index (χ1) is 12.7. The van der Waals surface area contributed by atoms with Crippen molar-refractivity contribution in [3.8, 4) is 11.5 Å². The molecule has 1 fully saturated rings. The molecule has 6 nitrogen and oxygen atoms in total. The minimum Gasteiger partial charge on any atom is -0.490 e. The van der Waals surface area contributed by atoms with E-state index in [2.05, 4.69) is 11.2 Å². The molecule has 6 heteroatoms.